The quantitative estimate of drug-likeness (QED) is 0.108. The minimum atomic E-state index is -1.20. The first-order chi connectivity index (χ1) is 19.0. The summed E-state index contributed by atoms with van der Waals surface area (Å²) < 4.78 is 0. The van der Waals surface area contributed by atoms with Gasteiger partial charge in [-0.25, -0.2) is 4.79 Å². The van der Waals surface area contributed by atoms with Crippen molar-refractivity contribution in [1.82, 2.24) is 15.5 Å². The highest BCUT2D eigenvalue weighted by atomic mass is 35.5. The number of carbonyl (C=O) groups excluding carboxylic acids is 2. The fraction of sp³-hybridized carbons (Fsp3) is 0.385. The highest BCUT2D eigenvalue weighted by Gasteiger charge is 2.23. The van der Waals surface area contributed by atoms with Gasteiger partial charge >= 0.3 is 5.97 Å². The van der Waals surface area contributed by atoms with E-state index in [9.17, 15) is 19.5 Å². The SMILES string of the molecule is NC(N)=NCCCC(NC(=O)CN(CCc1ccc(Cl)cc1Cl)C(=O)CNCCc1ccc(Cl)cc1Cl)C(=O)O. The smallest absolute Gasteiger partial charge is 0.326 e. The molecule has 40 heavy (non-hydrogen) atoms. The topological polar surface area (TPSA) is 163 Å². The van der Waals surface area contributed by atoms with Crippen molar-refractivity contribution in [3.05, 3.63) is 67.6 Å². The summed E-state index contributed by atoms with van der Waals surface area (Å²) in [7, 11) is 0. The number of rotatable bonds is 16. The molecule has 0 saturated carbocycles. The van der Waals surface area contributed by atoms with Gasteiger partial charge < -0.3 is 32.1 Å². The summed E-state index contributed by atoms with van der Waals surface area (Å²) in [5.74, 6) is -2.26. The minimum absolute atomic E-state index is 0.0479. The Labute approximate surface area is 253 Å². The van der Waals surface area contributed by atoms with Gasteiger partial charge in [0, 0.05) is 33.2 Å². The highest BCUT2D eigenvalue weighted by molar-refractivity contribution is 6.35. The first kappa shape index (κ1) is 33.4. The minimum Gasteiger partial charge on any atom is -0.480 e. The van der Waals surface area contributed by atoms with Gasteiger partial charge in [-0.2, -0.15) is 0 Å². The maximum absolute atomic E-state index is 13.1. The molecule has 2 rings (SSSR count). The van der Waals surface area contributed by atoms with Crippen LogP contribution in [0.4, 0.5) is 0 Å². The van der Waals surface area contributed by atoms with E-state index in [2.05, 4.69) is 15.6 Å². The van der Waals surface area contributed by atoms with Crippen molar-refractivity contribution in [2.45, 2.75) is 31.7 Å². The Morgan fingerprint density at radius 3 is 2.10 bits per heavy atom. The normalized spacial score (nSPS) is 11.5. The van der Waals surface area contributed by atoms with Gasteiger partial charge in [0.15, 0.2) is 5.96 Å². The molecule has 14 heteroatoms. The molecule has 0 aliphatic rings. The van der Waals surface area contributed by atoms with Gasteiger partial charge in [0.1, 0.15) is 6.04 Å². The van der Waals surface area contributed by atoms with E-state index < -0.39 is 17.9 Å². The van der Waals surface area contributed by atoms with E-state index in [1.165, 1.54) is 4.90 Å². The predicted molar refractivity (Wildman–Crippen MR) is 159 cm³/mol. The Balaban J connectivity index is 2.01. The van der Waals surface area contributed by atoms with Gasteiger partial charge in [-0.1, -0.05) is 58.5 Å². The van der Waals surface area contributed by atoms with Crippen molar-refractivity contribution in [3.8, 4) is 0 Å². The summed E-state index contributed by atoms with van der Waals surface area (Å²) >= 11 is 24.4. The fourth-order valence-corrected chi connectivity index (χ4v) is 4.71. The number of aliphatic carboxylic acids is 1. The molecule has 0 radical (unpaired) electrons. The van der Waals surface area contributed by atoms with Crippen LogP contribution in [-0.2, 0) is 27.2 Å². The first-order valence-corrected chi connectivity index (χ1v) is 13.9. The summed E-state index contributed by atoms with van der Waals surface area (Å²) in [6, 6.07) is 9.07. The molecule has 0 aromatic heterocycles. The maximum atomic E-state index is 13.1. The molecule has 0 fully saturated rings. The Morgan fingerprint density at radius 1 is 0.950 bits per heavy atom. The number of nitrogens with two attached hydrogens (primary N) is 2. The number of hydrogen-bond acceptors (Lipinski definition) is 5. The lowest BCUT2D eigenvalue weighted by Crippen LogP contribution is -2.49. The zero-order valence-corrected chi connectivity index (χ0v) is 24.7. The number of amides is 2. The average molecular weight is 634 g/mol. The molecule has 0 aliphatic carbocycles. The molecule has 2 aromatic carbocycles. The van der Waals surface area contributed by atoms with E-state index in [-0.39, 0.29) is 44.5 Å². The lowest BCUT2D eigenvalue weighted by atomic mass is 10.1. The van der Waals surface area contributed by atoms with E-state index in [0.29, 0.717) is 45.9 Å². The average Bonchev–Trinajstić information content (AvgIpc) is 2.87. The van der Waals surface area contributed by atoms with Crippen molar-refractivity contribution in [2.24, 2.45) is 16.5 Å². The van der Waals surface area contributed by atoms with Crippen LogP contribution in [0.25, 0.3) is 0 Å². The van der Waals surface area contributed by atoms with Crippen LogP contribution in [0.2, 0.25) is 20.1 Å². The van der Waals surface area contributed by atoms with Crippen molar-refractivity contribution in [3.63, 3.8) is 0 Å². The number of nitrogens with zero attached hydrogens (tertiary/aromatic N) is 2. The van der Waals surface area contributed by atoms with E-state index >= 15 is 0 Å². The second-order valence-corrected chi connectivity index (χ2v) is 10.6. The third-order valence-electron chi connectivity index (χ3n) is 5.79. The van der Waals surface area contributed by atoms with Gasteiger partial charge in [0.05, 0.1) is 13.1 Å². The molecule has 0 bridgehead atoms. The second-order valence-electron chi connectivity index (χ2n) is 8.87. The molecule has 2 aromatic rings. The second kappa shape index (κ2) is 17.1. The van der Waals surface area contributed by atoms with Crippen molar-refractivity contribution < 1.29 is 19.5 Å². The number of aliphatic imine (C=N–C) groups is 1. The fourth-order valence-electron chi connectivity index (χ4n) is 3.70. The Kier molecular flexibility index (Phi) is 14.3. The maximum Gasteiger partial charge on any atom is 0.326 e. The lowest BCUT2D eigenvalue weighted by molar-refractivity contribution is -0.142. The van der Waals surface area contributed by atoms with Crippen LogP contribution in [0.15, 0.2) is 41.4 Å². The number of carbonyl (C=O) groups is 3. The molecule has 0 heterocycles. The lowest BCUT2D eigenvalue weighted by Gasteiger charge is -2.24. The van der Waals surface area contributed by atoms with Gasteiger partial charge in [0.25, 0.3) is 0 Å². The van der Waals surface area contributed by atoms with Crippen LogP contribution >= 0.6 is 46.4 Å². The first-order valence-electron chi connectivity index (χ1n) is 12.4. The zero-order chi connectivity index (χ0) is 29.7. The molecule has 7 N–H and O–H groups in total. The summed E-state index contributed by atoms with van der Waals surface area (Å²) in [4.78, 5) is 42.7. The van der Waals surface area contributed by atoms with E-state index in [1.807, 2.05) is 6.07 Å². The third-order valence-corrected chi connectivity index (χ3v) is 6.97. The van der Waals surface area contributed by atoms with Crippen LogP contribution in [-0.4, -0.2) is 72.5 Å². The number of benzene rings is 2. The van der Waals surface area contributed by atoms with E-state index in [1.54, 1.807) is 30.3 Å². The largest absolute Gasteiger partial charge is 0.480 e. The number of halogens is 4. The third kappa shape index (κ3) is 12.2. The van der Waals surface area contributed by atoms with Crippen molar-refractivity contribution in [2.75, 3.05) is 32.7 Å². The molecule has 10 nitrogen and oxygen atoms in total. The van der Waals surface area contributed by atoms with Crippen LogP contribution < -0.4 is 22.1 Å². The van der Waals surface area contributed by atoms with Crippen LogP contribution in [0.5, 0.6) is 0 Å². The van der Waals surface area contributed by atoms with Crippen LogP contribution in [0, 0.1) is 0 Å². The number of guanidine groups is 1. The molecule has 218 valence electrons. The predicted octanol–water partition coefficient (Wildman–Crippen LogP) is 3.13. The van der Waals surface area contributed by atoms with Gasteiger partial charge in [-0.05, 0) is 67.6 Å². The van der Waals surface area contributed by atoms with Crippen LogP contribution in [0.1, 0.15) is 24.0 Å². The van der Waals surface area contributed by atoms with Crippen molar-refractivity contribution >= 4 is 70.1 Å². The molecule has 1 atom stereocenters. The molecule has 1 unspecified atom stereocenters. The monoisotopic (exact) mass is 632 g/mol. The molecular weight excluding hydrogens is 602 g/mol. The Morgan fingerprint density at radius 2 is 1.55 bits per heavy atom. The summed E-state index contributed by atoms with van der Waals surface area (Å²) in [5.41, 5.74) is 12.2. The van der Waals surface area contributed by atoms with Gasteiger partial charge in [-0.3, -0.25) is 14.6 Å². The van der Waals surface area contributed by atoms with E-state index in [4.69, 9.17) is 57.9 Å². The van der Waals surface area contributed by atoms with Crippen molar-refractivity contribution in [1.29, 1.82) is 0 Å². The van der Waals surface area contributed by atoms with Crippen LogP contribution in [0.3, 0.4) is 0 Å². The molecule has 0 spiro atoms. The van der Waals surface area contributed by atoms with Gasteiger partial charge in [0.2, 0.25) is 11.8 Å². The standard InChI is InChI=1S/C26H32Cl4N6O4/c27-18-5-3-16(20(29)12-18)7-10-33-14-24(38)36(11-8-17-4-6-19(28)13-21(17)30)15-23(37)35-22(25(39)40)2-1-9-34-26(31)32/h3-6,12-13,22,33H,1-2,7-11,14-15H2,(H,35,37)(H,39,40)(H4,31,32,34). The number of carboxylic acids is 1. The number of carboxylic acid groups (broad SMARTS) is 1. The number of hydrogen-bond donors (Lipinski definition) is 5. The van der Waals surface area contributed by atoms with E-state index in [0.717, 1.165) is 11.1 Å². The number of nitrogens with one attached hydrogen (secondary N) is 2. The molecule has 2 amide bonds. The Bertz CT molecular complexity index is 1210. The summed E-state index contributed by atoms with van der Waals surface area (Å²) in [5, 5.41) is 17.0. The van der Waals surface area contributed by atoms with Gasteiger partial charge in [-0.15, -0.1) is 0 Å². The highest BCUT2D eigenvalue weighted by Crippen LogP contribution is 2.22. The molecule has 0 saturated heterocycles. The zero-order valence-electron chi connectivity index (χ0n) is 21.6. The summed E-state index contributed by atoms with van der Waals surface area (Å²) in [6.07, 6.45) is 1.37. The summed E-state index contributed by atoms with van der Waals surface area (Å²) in [6.45, 7) is 0.453. The Hall–Kier alpha value is -2.76. The molecular formula is C26H32Cl4N6O4. The molecule has 0 aliphatic heterocycles.